The second-order valence-electron chi connectivity index (χ2n) is 4.19. The normalized spacial score (nSPS) is 15.0. The van der Waals surface area contributed by atoms with Crippen LogP contribution in [0.3, 0.4) is 0 Å². The van der Waals surface area contributed by atoms with Crippen LogP contribution in [0.25, 0.3) is 10.8 Å². The number of furan rings is 1. The number of fused-ring (bicyclic) bond motifs is 1. The molecule has 4 heteroatoms. The summed E-state index contributed by atoms with van der Waals surface area (Å²) in [6.45, 7) is 2.05. The van der Waals surface area contributed by atoms with Gasteiger partial charge in [-0.05, 0) is 25.0 Å². The van der Waals surface area contributed by atoms with Gasteiger partial charge in [0.25, 0.3) is 0 Å². The Kier molecular flexibility index (Phi) is 2.59. The van der Waals surface area contributed by atoms with E-state index in [9.17, 15) is 4.79 Å². The summed E-state index contributed by atoms with van der Waals surface area (Å²) in [5.41, 5.74) is 0.954. The van der Waals surface area contributed by atoms with Crippen LogP contribution < -0.4 is 0 Å². The third-order valence-electron chi connectivity index (χ3n) is 2.99. The van der Waals surface area contributed by atoms with E-state index < -0.39 is 0 Å². The van der Waals surface area contributed by atoms with Crippen LogP contribution in [0, 0.1) is 0 Å². The first-order valence-corrected chi connectivity index (χ1v) is 6.71. The number of thiazole rings is 1. The van der Waals surface area contributed by atoms with Crippen LogP contribution in [0.4, 0.5) is 0 Å². The quantitative estimate of drug-likeness (QED) is 0.816. The number of aromatic nitrogens is 1. The predicted molar refractivity (Wildman–Crippen MR) is 66.5 cm³/mol. The predicted octanol–water partition coefficient (Wildman–Crippen LogP) is 3.48. The Balaban J connectivity index is 2.01. The van der Waals surface area contributed by atoms with Crippen molar-refractivity contribution in [1.82, 2.24) is 4.98 Å². The molecule has 0 N–H and O–H groups in total. The highest BCUT2D eigenvalue weighted by Crippen LogP contribution is 2.33. The maximum Gasteiger partial charge on any atom is 0.174 e. The average Bonchev–Trinajstić information content (AvgIpc) is 2.95. The Morgan fingerprint density at radius 3 is 3.00 bits per heavy atom. The molecular weight excluding hydrogens is 234 g/mol. The SMILES string of the molecule is CCc1ccc(-c2nc3c(s2)C(=O)CCC3)o1. The van der Waals surface area contributed by atoms with Crippen molar-refractivity contribution in [3.05, 3.63) is 28.5 Å². The van der Waals surface area contributed by atoms with Crippen LogP contribution in [0.15, 0.2) is 16.5 Å². The smallest absolute Gasteiger partial charge is 0.174 e. The Morgan fingerprint density at radius 1 is 1.41 bits per heavy atom. The van der Waals surface area contributed by atoms with E-state index in [1.165, 1.54) is 11.3 Å². The van der Waals surface area contributed by atoms with Crippen LogP contribution in [-0.4, -0.2) is 10.8 Å². The van der Waals surface area contributed by atoms with Crippen molar-refractivity contribution in [3.8, 4) is 10.8 Å². The second-order valence-corrected chi connectivity index (χ2v) is 5.19. The molecule has 0 bridgehead atoms. The molecule has 0 aromatic carbocycles. The average molecular weight is 247 g/mol. The lowest BCUT2D eigenvalue weighted by atomic mass is 10.0. The largest absolute Gasteiger partial charge is 0.459 e. The van der Waals surface area contributed by atoms with Crippen molar-refractivity contribution in [1.29, 1.82) is 0 Å². The highest BCUT2D eigenvalue weighted by Gasteiger charge is 2.23. The highest BCUT2D eigenvalue weighted by molar-refractivity contribution is 7.17. The van der Waals surface area contributed by atoms with Crippen molar-refractivity contribution in [2.75, 3.05) is 0 Å². The van der Waals surface area contributed by atoms with E-state index in [0.29, 0.717) is 6.42 Å². The van der Waals surface area contributed by atoms with Gasteiger partial charge in [0.2, 0.25) is 0 Å². The van der Waals surface area contributed by atoms with Gasteiger partial charge in [0, 0.05) is 12.8 Å². The van der Waals surface area contributed by atoms with Crippen LogP contribution in [0.2, 0.25) is 0 Å². The lowest BCUT2D eigenvalue weighted by molar-refractivity contribution is 0.0976. The number of ketones is 1. The zero-order valence-electron chi connectivity index (χ0n) is 9.66. The van der Waals surface area contributed by atoms with Gasteiger partial charge in [-0.25, -0.2) is 4.98 Å². The highest BCUT2D eigenvalue weighted by atomic mass is 32.1. The van der Waals surface area contributed by atoms with Crippen LogP contribution in [-0.2, 0) is 12.8 Å². The minimum absolute atomic E-state index is 0.234. The Morgan fingerprint density at radius 2 is 2.29 bits per heavy atom. The van der Waals surface area contributed by atoms with Crippen LogP contribution in [0.5, 0.6) is 0 Å². The molecule has 1 aliphatic carbocycles. The molecule has 0 unspecified atom stereocenters. The van der Waals surface area contributed by atoms with Crippen molar-refractivity contribution in [3.63, 3.8) is 0 Å². The molecule has 2 aromatic rings. The van der Waals surface area contributed by atoms with Gasteiger partial charge in [0.05, 0.1) is 10.6 Å². The Hall–Kier alpha value is -1.42. The number of hydrogen-bond acceptors (Lipinski definition) is 4. The van der Waals surface area contributed by atoms with Crippen molar-refractivity contribution < 1.29 is 9.21 Å². The van der Waals surface area contributed by atoms with E-state index in [2.05, 4.69) is 11.9 Å². The summed E-state index contributed by atoms with van der Waals surface area (Å²) in [6, 6.07) is 3.91. The van der Waals surface area contributed by atoms with E-state index in [4.69, 9.17) is 4.42 Å². The first-order chi connectivity index (χ1) is 8.28. The lowest BCUT2D eigenvalue weighted by Crippen LogP contribution is -2.07. The van der Waals surface area contributed by atoms with Gasteiger partial charge in [-0.3, -0.25) is 4.79 Å². The number of hydrogen-bond donors (Lipinski definition) is 0. The van der Waals surface area contributed by atoms with E-state index in [0.717, 1.165) is 46.4 Å². The monoisotopic (exact) mass is 247 g/mol. The van der Waals surface area contributed by atoms with Crippen LogP contribution in [0.1, 0.15) is 40.9 Å². The molecule has 3 nitrogen and oxygen atoms in total. The maximum absolute atomic E-state index is 11.7. The molecule has 17 heavy (non-hydrogen) atoms. The van der Waals surface area contributed by atoms with Crippen molar-refractivity contribution >= 4 is 17.1 Å². The topological polar surface area (TPSA) is 43.1 Å². The van der Waals surface area contributed by atoms with Gasteiger partial charge in [-0.15, -0.1) is 11.3 Å². The zero-order chi connectivity index (χ0) is 11.8. The number of carbonyl (C=O) groups is 1. The standard InChI is InChI=1S/C13H13NO2S/c1-2-8-6-7-11(16-8)13-14-9-4-3-5-10(15)12(9)17-13/h6-7H,2-5H2,1H3. The number of Topliss-reactive ketones (excluding diaryl/α,β-unsaturated/α-hetero) is 1. The summed E-state index contributed by atoms with van der Waals surface area (Å²) in [4.78, 5) is 17.1. The summed E-state index contributed by atoms with van der Waals surface area (Å²) < 4.78 is 5.67. The summed E-state index contributed by atoms with van der Waals surface area (Å²) in [6.07, 6.45) is 3.38. The van der Waals surface area contributed by atoms with Crippen LogP contribution >= 0.6 is 11.3 Å². The number of aryl methyl sites for hydroxylation is 2. The number of rotatable bonds is 2. The summed E-state index contributed by atoms with van der Waals surface area (Å²) in [5.74, 6) is 1.98. The molecule has 2 aromatic heterocycles. The fourth-order valence-electron chi connectivity index (χ4n) is 2.06. The summed E-state index contributed by atoms with van der Waals surface area (Å²) in [5, 5.41) is 0.838. The molecule has 0 aliphatic heterocycles. The third kappa shape index (κ3) is 1.82. The van der Waals surface area contributed by atoms with E-state index in [1.807, 2.05) is 12.1 Å². The molecule has 1 aliphatic rings. The Labute approximate surface area is 103 Å². The lowest BCUT2D eigenvalue weighted by Gasteiger charge is -2.06. The maximum atomic E-state index is 11.7. The van der Waals surface area contributed by atoms with Crippen molar-refractivity contribution in [2.45, 2.75) is 32.6 Å². The molecular formula is C13H13NO2S. The molecule has 88 valence electrons. The van der Waals surface area contributed by atoms with Gasteiger partial charge in [-0.1, -0.05) is 6.92 Å². The molecule has 0 fully saturated rings. The number of carbonyl (C=O) groups excluding carboxylic acids is 1. The van der Waals surface area contributed by atoms with Crippen molar-refractivity contribution in [2.24, 2.45) is 0 Å². The fraction of sp³-hybridized carbons (Fsp3) is 0.385. The first-order valence-electron chi connectivity index (χ1n) is 5.90. The summed E-state index contributed by atoms with van der Waals surface area (Å²) >= 11 is 1.47. The minimum Gasteiger partial charge on any atom is -0.459 e. The molecule has 0 saturated heterocycles. The molecule has 0 saturated carbocycles. The van der Waals surface area contributed by atoms with Gasteiger partial charge in [-0.2, -0.15) is 0 Å². The van der Waals surface area contributed by atoms with E-state index >= 15 is 0 Å². The number of nitrogens with zero attached hydrogens (tertiary/aromatic N) is 1. The molecule has 0 atom stereocenters. The van der Waals surface area contributed by atoms with Gasteiger partial charge < -0.3 is 4.42 Å². The second kappa shape index (κ2) is 4.11. The van der Waals surface area contributed by atoms with E-state index in [-0.39, 0.29) is 5.78 Å². The first kappa shape index (κ1) is 10.7. The molecule has 0 spiro atoms. The van der Waals surface area contributed by atoms with Gasteiger partial charge >= 0.3 is 0 Å². The third-order valence-corrected chi connectivity index (χ3v) is 4.14. The summed E-state index contributed by atoms with van der Waals surface area (Å²) in [7, 11) is 0. The molecule has 0 amide bonds. The van der Waals surface area contributed by atoms with E-state index in [1.54, 1.807) is 0 Å². The Bertz CT molecular complexity index is 568. The fourth-order valence-corrected chi connectivity index (χ4v) is 3.10. The minimum atomic E-state index is 0.234. The molecule has 2 heterocycles. The molecule has 3 rings (SSSR count). The van der Waals surface area contributed by atoms with Gasteiger partial charge in [0.1, 0.15) is 5.76 Å². The zero-order valence-corrected chi connectivity index (χ0v) is 10.5. The van der Waals surface area contributed by atoms with Gasteiger partial charge in [0.15, 0.2) is 16.6 Å². The molecule has 0 radical (unpaired) electrons.